The molecule has 5 nitrogen and oxygen atoms in total. The largest absolute Gasteiger partial charge is 0.433 e. The first-order valence-electron chi connectivity index (χ1n) is 9.97. The van der Waals surface area contributed by atoms with Gasteiger partial charge in [0.25, 0.3) is 0 Å². The first-order valence-corrected chi connectivity index (χ1v) is 9.97. The molecule has 1 aromatic carbocycles. The van der Waals surface area contributed by atoms with Crippen LogP contribution in [0.5, 0.6) is 0 Å². The number of carbonyl (C=O) groups excluding carboxylic acids is 1. The molecule has 0 spiro atoms. The van der Waals surface area contributed by atoms with Crippen molar-refractivity contribution < 1.29 is 31.9 Å². The van der Waals surface area contributed by atoms with Crippen molar-refractivity contribution in [3.63, 3.8) is 0 Å². The topological polar surface area (TPSA) is 75.1 Å². The molecule has 2 aromatic heterocycles. The number of aromatic nitrogens is 2. The van der Waals surface area contributed by atoms with E-state index in [0.717, 1.165) is 12.3 Å². The molecule has 4 rings (SSSR count). The van der Waals surface area contributed by atoms with Crippen LogP contribution in [-0.2, 0) is 23.0 Å². The van der Waals surface area contributed by atoms with Gasteiger partial charge >= 0.3 is 6.18 Å². The smallest absolute Gasteiger partial charge is 0.392 e. The lowest BCUT2D eigenvalue weighted by molar-refractivity contribution is -0.141. The molecule has 2 heterocycles. The Balaban J connectivity index is 1.62. The van der Waals surface area contributed by atoms with Gasteiger partial charge in [0.2, 0.25) is 5.91 Å². The molecule has 2 N–H and O–H groups in total. The second-order valence-electron chi connectivity index (χ2n) is 7.86. The summed E-state index contributed by atoms with van der Waals surface area (Å²) in [6, 6.07) is 8.94. The maximum Gasteiger partial charge on any atom is 0.433 e. The number of nitrogens with one attached hydrogen (secondary N) is 1. The van der Waals surface area contributed by atoms with Crippen molar-refractivity contribution >= 4 is 11.6 Å². The first kappa shape index (κ1) is 22.8. The molecule has 1 aliphatic carbocycles. The highest BCUT2D eigenvalue weighted by molar-refractivity contribution is 5.99. The summed E-state index contributed by atoms with van der Waals surface area (Å²) in [5.74, 6) is -0.956. The number of hydrogen-bond acceptors (Lipinski definition) is 4. The number of anilines is 1. The summed E-state index contributed by atoms with van der Waals surface area (Å²) in [6.07, 6.45) is -3.67. The van der Waals surface area contributed by atoms with Crippen LogP contribution in [-0.4, -0.2) is 27.2 Å². The van der Waals surface area contributed by atoms with Crippen LogP contribution in [0.2, 0.25) is 0 Å². The van der Waals surface area contributed by atoms with Crippen LogP contribution in [0.1, 0.15) is 29.8 Å². The van der Waals surface area contributed by atoms with E-state index < -0.39 is 41.8 Å². The van der Waals surface area contributed by atoms with Gasteiger partial charge < -0.3 is 10.4 Å². The third kappa shape index (κ3) is 4.43. The predicted octanol–water partition coefficient (Wildman–Crippen LogP) is 4.80. The van der Waals surface area contributed by atoms with E-state index in [1.807, 2.05) is 0 Å². The van der Waals surface area contributed by atoms with Gasteiger partial charge in [0.1, 0.15) is 17.7 Å². The molecule has 0 aliphatic heterocycles. The Morgan fingerprint density at radius 3 is 2.33 bits per heavy atom. The fraction of sp³-hybridized carbons (Fsp3) is 0.261. The standard InChI is InChI=1S/C23H18F5N3O2/c24-15-2-4-17(5-3-15)31-21(33)22(8-16(25)9-22)19-6-1-13(10-29-19)18-11-30-20(23(26,27)28)7-14(18)12-32/h1-7,10-11,16,32H,8-9,12H2,(H,31,33). The molecule has 0 radical (unpaired) electrons. The normalized spacial score (nSPS) is 20.2. The van der Waals surface area contributed by atoms with Crippen LogP contribution in [0.4, 0.5) is 27.6 Å². The van der Waals surface area contributed by atoms with Gasteiger partial charge in [-0.05, 0) is 54.8 Å². The van der Waals surface area contributed by atoms with Gasteiger partial charge in [-0.25, -0.2) is 8.78 Å². The van der Waals surface area contributed by atoms with Crippen molar-refractivity contribution in [3.8, 4) is 11.1 Å². The fourth-order valence-electron chi connectivity index (χ4n) is 3.87. The summed E-state index contributed by atoms with van der Waals surface area (Å²) < 4.78 is 65.7. The van der Waals surface area contributed by atoms with E-state index in [1.165, 1.54) is 42.6 Å². The molecule has 33 heavy (non-hydrogen) atoms. The molecule has 1 fully saturated rings. The third-order valence-corrected chi connectivity index (χ3v) is 5.69. The number of rotatable bonds is 5. The average Bonchev–Trinajstić information content (AvgIpc) is 2.77. The molecule has 0 saturated heterocycles. The van der Waals surface area contributed by atoms with Crippen molar-refractivity contribution in [1.29, 1.82) is 0 Å². The minimum Gasteiger partial charge on any atom is -0.392 e. The Bertz CT molecular complexity index is 1160. The van der Waals surface area contributed by atoms with Crippen molar-refractivity contribution in [2.45, 2.75) is 37.2 Å². The fourth-order valence-corrected chi connectivity index (χ4v) is 3.87. The number of pyridine rings is 2. The predicted molar refractivity (Wildman–Crippen MR) is 109 cm³/mol. The minimum atomic E-state index is -4.65. The Kier molecular flexibility index (Phi) is 5.87. The van der Waals surface area contributed by atoms with Crippen LogP contribution in [0.3, 0.4) is 0 Å². The lowest BCUT2D eigenvalue weighted by Gasteiger charge is -2.42. The third-order valence-electron chi connectivity index (χ3n) is 5.69. The highest BCUT2D eigenvalue weighted by atomic mass is 19.4. The van der Waals surface area contributed by atoms with E-state index in [0.29, 0.717) is 16.9 Å². The van der Waals surface area contributed by atoms with Crippen LogP contribution in [0.25, 0.3) is 11.1 Å². The lowest BCUT2D eigenvalue weighted by atomic mass is 9.64. The highest BCUT2D eigenvalue weighted by Gasteiger charge is 2.53. The number of halogens is 5. The molecule has 3 aromatic rings. The van der Waals surface area contributed by atoms with E-state index in [1.54, 1.807) is 0 Å². The summed E-state index contributed by atoms with van der Waals surface area (Å²) >= 11 is 0. The number of nitrogens with zero attached hydrogens (tertiary/aromatic N) is 2. The number of amides is 1. The second-order valence-corrected chi connectivity index (χ2v) is 7.86. The van der Waals surface area contributed by atoms with Gasteiger partial charge in [-0.15, -0.1) is 0 Å². The lowest BCUT2D eigenvalue weighted by Crippen LogP contribution is -2.52. The number of alkyl halides is 4. The van der Waals surface area contributed by atoms with Gasteiger partial charge in [-0.2, -0.15) is 13.2 Å². The van der Waals surface area contributed by atoms with Crippen LogP contribution in [0, 0.1) is 5.82 Å². The maximum atomic E-state index is 13.8. The number of hydrogen-bond donors (Lipinski definition) is 2. The van der Waals surface area contributed by atoms with E-state index >= 15 is 0 Å². The number of aliphatic hydroxyl groups excluding tert-OH is 1. The van der Waals surface area contributed by atoms with Crippen LogP contribution >= 0.6 is 0 Å². The summed E-state index contributed by atoms with van der Waals surface area (Å²) in [6.45, 7) is -0.643. The van der Waals surface area contributed by atoms with E-state index in [2.05, 4.69) is 15.3 Å². The first-order chi connectivity index (χ1) is 15.6. The molecule has 1 amide bonds. The van der Waals surface area contributed by atoms with Crippen molar-refractivity contribution in [1.82, 2.24) is 9.97 Å². The Morgan fingerprint density at radius 2 is 1.79 bits per heavy atom. The monoisotopic (exact) mass is 463 g/mol. The van der Waals surface area contributed by atoms with Gasteiger partial charge in [-0.1, -0.05) is 6.07 Å². The van der Waals surface area contributed by atoms with E-state index in [4.69, 9.17) is 0 Å². The number of benzene rings is 1. The molecule has 0 bridgehead atoms. The average molecular weight is 463 g/mol. The Morgan fingerprint density at radius 1 is 1.09 bits per heavy atom. The summed E-state index contributed by atoms with van der Waals surface area (Å²) in [5.41, 5.74) is -1.05. The summed E-state index contributed by atoms with van der Waals surface area (Å²) in [4.78, 5) is 20.7. The van der Waals surface area contributed by atoms with Gasteiger partial charge in [0.15, 0.2) is 0 Å². The minimum absolute atomic E-state index is 0.0168. The van der Waals surface area contributed by atoms with Crippen molar-refractivity contribution in [3.05, 3.63) is 77.6 Å². The molecular formula is C23H18F5N3O2. The van der Waals surface area contributed by atoms with Gasteiger partial charge in [-0.3, -0.25) is 14.8 Å². The SMILES string of the molecule is O=C(Nc1ccc(F)cc1)C1(c2ccc(-c3cnc(C(F)(F)F)cc3CO)cn2)CC(F)C1. The molecule has 172 valence electrons. The van der Waals surface area contributed by atoms with Gasteiger partial charge in [0.05, 0.1) is 17.7 Å². The number of carbonyl (C=O) groups is 1. The zero-order valence-corrected chi connectivity index (χ0v) is 17.0. The molecule has 1 saturated carbocycles. The van der Waals surface area contributed by atoms with Crippen LogP contribution in [0.15, 0.2) is 54.9 Å². The van der Waals surface area contributed by atoms with Crippen LogP contribution < -0.4 is 5.32 Å². The molecule has 0 unspecified atom stereocenters. The van der Waals surface area contributed by atoms with Crippen molar-refractivity contribution in [2.24, 2.45) is 0 Å². The molecule has 1 aliphatic rings. The van der Waals surface area contributed by atoms with E-state index in [9.17, 15) is 31.9 Å². The Hall–Kier alpha value is -3.40. The van der Waals surface area contributed by atoms with Crippen molar-refractivity contribution in [2.75, 3.05) is 5.32 Å². The summed E-state index contributed by atoms with van der Waals surface area (Å²) in [5, 5.41) is 12.2. The Labute approximate surface area is 185 Å². The second kappa shape index (κ2) is 8.51. The molecule has 0 atom stereocenters. The molecule has 10 heteroatoms. The summed E-state index contributed by atoms with van der Waals surface area (Å²) in [7, 11) is 0. The zero-order valence-electron chi connectivity index (χ0n) is 17.0. The van der Waals surface area contributed by atoms with E-state index in [-0.39, 0.29) is 24.0 Å². The van der Waals surface area contributed by atoms with Gasteiger partial charge in [0, 0.05) is 29.2 Å². The highest BCUT2D eigenvalue weighted by Crippen LogP contribution is 2.46. The molecular weight excluding hydrogens is 445 g/mol. The maximum absolute atomic E-state index is 13.8. The zero-order chi connectivity index (χ0) is 23.8. The quantitative estimate of drug-likeness (QED) is 0.533. The number of aliphatic hydroxyl groups is 1.